The van der Waals surface area contributed by atoms with E-state index in [1.54, 1.807) is 14.2 Å². The second-order valence-corrected chi connectivity index (χ2v) is 15.3. The highest BCUT2D eigenvalue weighted by Gasteiger charge is 2.20. The normalized spacial score (nSPS) is 14.3. The van der Waals surface area contributed by atoms with Crippen molar-refractivity contribution in [1.82, 2.24) is 20.6 Å². The van der Waals surface area contributed by atoms with E-state index in [0.717, 1.165) is 48.2 Å². The lowest BCUT2D eigenvalue weighted by Crippen LogP contribution is -2.33. The number of rotatable bonds is 20. The van der Waals surface area contributed by atoms with Crippen molar-refractivity contribution in [1.29, 1.82) is 0 Å². The van der Waals surface area contributed by atoms with Gasteiger partial charge in [-0.15, -0.1) is 0 Å². The third-order valence-electron chi connectivity index (χ3n) is 11.0. The van der Waals surface area contributed by atoms with E-state index < -0.39 is 12.2 Å². The molecular formula is C48H60N4O8. The SMILES string of the molecule is COc1ccccc1OCCNCC(O)COc1cccc2[nH]c3c(c12)CCCC3.COc1ccccc1OCCNCC(O)COc1cccc2[nH]c3c(c12)CCCC3. The van der Waals surface area contributed by atoms with Gasteiger partial charge in [-0.05, 0) is 111 Å². The number of para-hydroxylation sites is 4. The maximum absolute atomic E-state index is 10.3. The molecular weight excluding hydrogens is 761 g/mol. The molecule has 0 aliphatic heterocycles. The Labute approximate surface area is 352 Å². The lowest BCUT2D eigenvalue weighted by atomic mass is 9.95. The molecule has 0 bridgehead atoms. The minimum atomic E-state index is -0.596. The number of ether oxygens (including phenoxy) is 6. The number of H-pyrrole nitrogens is 2. The zero-order valence-corrected chi connectivity index (χ0v) is 34.9. The van der Waals surface area contributed by atoms with Crippen molar-refractivity contribution in [3.63, 3.8) is 0 Å². The zero-order chi connectivity index (χ0) is 41.5. The van der Waals surface area contributed by atoms with Gasteiger partial charge in [-0.2, -0.15) is 0 Å². The van der Waals surface area contributed by atoms with Crippen LogP contribution in [-0.4, -0.2) is 99.2 Å². The Morgan fingerprint density at radius 1 is 0.500 bits per heavy atom. The first-order chi connectivity index (χ1) is 29.5. The summed E-state index contributed by atoms with van der Waals surface area (Å²) in [5.41, 5.74) is 7.69. The molecule has 12 heteroatoms. The molecule has 0 amide bonds. The molecule has 2 aliphatic carbocycles. The molecule has 320 valence electrons. The number of methoxy groups -OCH3 is 2. The Balaban J connectivity index is 0.000000181. The number of hydrogen-bond acceptors (Lipinski definition) is 10. The average Bonchev–Trinajstić information content (AvgIpc) is 3.87. The molecule has 6 N–H and O–H groups in total. The standard InChI is InChI=1S/2C24H30N2O4/c2*1-28-21-10-4-5-11-22(21)29-14-13-25-15-17(27)16-30-23-12-6-9-20-24(23)18-7-2-3-8-19(18)26-20/h2*4-6,9-12,17,25-27H,2-3,7-8,13-16H2,1H3. The monoisotopic (exact) mass is 820 g/mol. The number of aliphatic hydroxyl groups excluding tert-OH is 2. The van der Waals surface area contributed by atoms with E-state index in [2.05, 4.69) is 32.7 Å². The first-order valence-electron chi connectivity index (χ1n) is 21.3. The second-order valence-electron chi connectivity index (χ2n) is 15.3. The van der Waals surface area contributed by atoms with Crippen LogP contribution in [0, 0.1) is 0 Å². The highest BCUT2D eigenvalue weighted by atomic mass is 16.5. The number of benzene rings is 4. The van der Waals surface area contributed by atoms with E-state index in [0.29, 0.717) is 62.4 Å². The van der Waals surface area contributed by atoms with Crippen LogP contribution in [-0.2, 0) is 25.7 Å². The van der Waals surface area contributed by atoms with Gasteiger partial charge in [-0.1, -0.05) is 36.4 Å². The summed E-state index contributed by atoms with van der Waals surface area (Å²) >= 11 is 0. The van der Waals surface area contributed by atoms with Gasteiger partial charge in [0.05, 0.1) is 14.2 Å². The molecule has 2 aromatic heterocycles. The molecule has 0 spiro atoms. The van der Waals surface area contributed by atoms with Crippen molar-refractivity contribution in [2.24, 2.45) is 0 Å². The van der Waals surface area contributed by atoms with E-state index in [-0.39, 0.29) is 13.2 Å². The molecule has 0 saturated heterocycles. The molecule has 2 heterocycles. The molecule has 0 fully saturated rings. The maximum Gasteiger partial charge on any atom is 0.161 e. The number of fused-ring (bicyclic) bond motifs is 6. The lowest BCUT2D eigenvalue weighted by Gasteiger charge is -2.16. The van der Waals surface area contributed by atoms with Gasteiger partial charge in [0.1, 0.15) is 50.1 Å². The predicted molar refractivity (Wildman–Crippen MR) is 236 cm³/mol. The summed E-state index contributed by atoms with van der Waals surface area (Å²) in [6.07, 6.45) is 8.11. The minimum Gasteiger partial charge on any atom is -0.493 e. The summed E-state index contributed by atoms with van der Waals surface area (Å²) in [6, 6.07) is 27.3. The second kappa shape index (κ2) is 21.7. The van der Waals surface area contributed by atoms with Crippen molar-refractivity contribution < 1.29 is 38.6 Å². The Kier molecular flexibility index (Phi) is 15.5. The fraction of sp³-hybridized carbons (Fsp3) is 0.417. The average molecular weight is 821 g/mol. The third-order valence-corrected chi connectivity index (χ3v) is 11.0. The van der Waals surface area contributed by atoms with Crippen LogP contribution in [0.25, 0.3) is 21.8 Å². The summed E-state index contributed by atoms with van der Waals surface area (Å²) in [4.78, 5) is 7.07. The van der Waals surface area contributed by atoms with Gasteiger partial charge in [-0.25, -0.2) is 0 Å². The Bertz CT molecular complexity index is 2100. The predicted octanol–water partition coefficient (Wildman–Crippen LogP) is 6.93. The summed E-state index contributed by atoms with van der Waals surface area (Å²) in [5, 5.41) is 29.4. The molecule has 12 nitrogen and oxygen atoms in total. The van der Waals surface area contributed by atoms with Crippen LogP contribution < -0.4 is 39.1 Å². The zero-order valence-electron chi connectivity index (χ0n) is 34.9. The molecule has 2 unspecified atom stereocenters. The van der Waals surface area contributed by atoms with Gasteiger partial charge in [0.25, 0.3) is 0 Å². The van der Waals surface area contributed by atoms with Gasteiger partial charge in [0, 0.05) is 59.4 Å². The molecule has 0 saturated carbocycles. The van der Waals surface area contributed by atoms with E-state index >= 15 is 0 Å². The van der Waals surface area contributed by atoms with E-state index in [9.17, 15) is 10.2 Å². The third kappa shape index (κ3) is 11.0. The van der Waals surface area contributed by atoms with E-state index in [4.69, 9.17) is 28.4 Å². The van der Waals surface area contributed by atoms with Gasteiger partial charge >= 0.3 is 0 Å². The van der Waals surface area contributed by atoms with Crippen molar-refractivity contribution in [3.05, 3.63) is 107 Å². The molecule has 8 rings (SSSR count). The van der Waals surface area contributed by atoms with Crippen molar-refractivity contribution in [2.75, 3.05) is 66.8 Å². The van der Waals surface area contributed by atoms with Gasteiger partial charge < -0.3 is 59.2 Å². The Morgan fingerprint density at radius 3 is 1.33 bits per heavy atom. The quantitative estimate of drug-likeness (QED) is 0.0448. The number of nitrogens with one attached hydrogen (secondary N) is 4. The Hall–Kier alpha value is -5.40. The summed E-state index contributed by atoms with van der Waals surface area (Å²) in [5.74, 6) is 4.57. The van der Waals surface area contributed by atoms with Gasteiger partial charge in [0.15, 0.2) is 23.0 Å². The number of hydrogen-bond donors (Lipinski definition) is 6. The minimum absolute atomic E-state index is 0.249. The van der Waals surface area contributed by atoms with Crippen molar-refractivity contribution >= 4 is 21.8 Å². The van der Waals surface area contributed by atoms with E-state index in [1.807, 2.05) is 72.8 Å². The topological polar surface area (TPSA) is 151 Å². The number of aromatic nitrogens is 2. The molecule has 60 heavy (non-hydrogen) atoms. The van der Waals surface area contributed by atoms with Crippen LogP contribution in [0.15, 0.2) is 84.9 Å². The number of aromatic amines is 2. The highest BCUT2D eigenvalue weighted by Crippen LogP contribution is 2.37. The van der Waals surface area contributed by atoms with Crippen LogP contribution in [0.1, 0.15) is 48.2 Å². The first kappa shape index (κ1) is 42.7. The van der Waals surface area contributed by atoms with Crippen LogP contribution in [0.2, 0.25) is 0 Å². The largest absolute Gasteiger partial charge is 0.493 e. The maximum atomic E-state index is 10.3. The molecule has 4 aromatic carbocycles. The van der Waals surface area contributed by atoms with Crippen LogP contribution in [0.4, 0.5) is 0 Å². The molecule has 0 radical (unpaired) electrons. The Morgan fingerprint density at radius 2 is 0.900 bits per heavy atom. The van der Waals surface area contributed by atoms with E-state index in [1.165, 1.54) is 59.0 Å². The number of aliphatic hydroxyl groups is 2. The molecule has 2 atom stereocenters. The molecule has 2 aliphatic rings. The highest BCUT2D eigenvalue weighted by molar-refractivity contribution is 5.91. The summed E-state index contributed by atoms with van der Waals surface area (Å²) in [7, 11) is 3.25. The first-order valence-corrected chi connectivity index (χ1v) is 21.3. The van der Waals surface area contributed by atoms with Crippen LogP contribution in [0.3, 0.4) is 0 Å². The van der Waals surface area contributed by atoms with Gasteiger partial charge in [0.2, 0.25) is 0 Å². The smallest absolute Gasteiger partial charge is 0.161 e. The number of aryl methyl sites for hydroxylation is 4. The van der Waals surface area contributed by atoms with Crippen molar-refractivity contribution in [2.45, 2.75) is 63.6 Å². The summed E-state index contributed by atoms with van der Waals surface area (Å²) < 4.78 is 34.0. The summed E-state index contributed by atoms with van der Waals surface area (Å²) in [6.45, 7) is 3.60. The lowest BCUT2D eigenvalue weighted by molar-refractivity contribution is 0.106. The fourth-order valence-electron chi connectivity index (χ4n) is 8.07. The molecule has 6 aromatic rings. The van der Waals surface area contributed by atoms with Gasteiger partial charge in [-0.3, -0.25) is 0 Å². The van der Waals surface area contributed by atoms with Crippen molar-refractivity contribution in [3.8, 4) is 34.5 Å². The van der Waals surface area contributed by atoms with Crippen LogP contribution >= 0.6 is 0 Å². The van der Waals surface area contributed by atoms with Crippen LogP contribution in [0.5, 0.6) is 34.5 Å². The fourth-order valence-corrected chi connectivity index (χ4v) is 8.07.